The lowest BCUT2D eigenvalue weighted by Crippen LogP contribution is -2.54. The summed E-state index contributed by atoms with van der Waals surface area (Å²) < 4.78 is 28.7. The molecule has 1 saturated heterocycles. The molecular weight excluding hydrogens is 368 g/mol. The molecule has 0 saturated carbocycles. The molecule has 2 aromatic rings. The van der Waals surface area contributed by atoms with E-state index in [-0.39, 0.29) is 18.5 Å². The Hall–Kier alpha value is -2.75. The van der Waals surface area contributed by atoms with Crippen LogP contribution >= 0.6 is 0 Å². The van der Waals surface area contributed by atoms with Crippen molar-refractivity contribution in [1.29, 1.82) is 5.41 Å². The van der Waals surface area contributed by atoms with E-state index in [4.69, 9.17) is 15.9 Å². The van der Waals surface area contributed by atoms with Gasteiger partial charge in [0.15, 0.2) is 9.84 Å². The first-order valence-corrected chi connectivity index (χ1v) is 10.4. The molecule has 0 aliphatic carbocycles. The van der Waals surface area contributed by atoms with Crippen molar-refractivity contribution in [2.24, 2.45) is 0 Å². The van der Waals surface area contributed by atoms with E-state index in [1.165, 1.54) is 18.8 Å². The van der Waals surface area contributed by atoms with Crippen LogP contribution in [-0.2, 0) is 9.84 Å². The van der Waals surface area contributed by atoms with Gasteiger partial charge in [-0.15, -0.1) is 0 Å². The number of sulfone groups is 1. The van der Waals surface area contributed by atoms with Crippen LogP contribution < -0.4 is 15.4 Å². The minimum Gasteiger partial charge on any atom is -0.475 e. The fourth-order valence-electron chi connectivity index (χ4n) is 2.66. The molecule has 1 aliphatic heterocycles. The van der Waals surface area contributed by atoms with Gasteiger partial charge in [-0.2, -0.15) is 0 Å². The molecule has 3 heterocycles. The summed E-state index contributed by atoms with van der Waals surface area (Å²) in [5.74, 6) is 0.961. The molecule has 0 amide bonds. The quantitative estimate of drug-likeness (QED) is 0.699. The van der Waals surface area contributed by atoms with Gasteiger partial charge in [-0.25, -0.2) is 23.4 Å². The first kappa shape index (κ1) is 19.0. The number of nitrogens with zero attached hydrogens (tertiary/aromatic N) is 4. The van der Waals surface area contributed by atoms with E-state index >= 15 is 0 Å². The summed E-state index contributed by atoms with van der Waals surface area (Å²) in [6, 6.07) is 3.27. The van der Waals surface area contributed by atoms with Gasteiger partial charge in [0, 0.05) is 38.5 Å². The number of aromatic nitrogens is 3. The van der Waals surface area contributed by atoms with Crippen molar-refractivity contribution in [2.45, 2.75) is 25.2 Å². The van der Waals surface area contributed by atoms with Crippen LogP contribution in [0.5, 0.6) is 5.88 Å². The van der Waals surface area contributed by atoms with Gasteiger partial charge in [0.25, 0.3) is 0 Å². The van der Waals surface area contributed by atoms with E-state index in [9.17, 15) is 8.42 Å². The molecule has 9 nitrogen and oxygen atoms in total. The van der Waals surface area contributed by atoms with Gasteiger partial charge in [-0.1, -0.05) is 0 Å². The number of anilines is 2. The lowest BCUT2D eigenvalue weighted by Gasteiger charge is -2.38. The monoisotopic (exact) mass is 392 g/mol. The molecule has 3 N–H and O–H groups in total. The third-order valence-electron chi connectivity index (χ3n) is 4.22. The second-order valence-electron chi connectivity index (χ2n) is 6.77. The Labute approximate surface area is 159 Å². The molecule has 0 radical (unpaired) electrons. The summed E-state index contributed by atoms with van der Waals surface area (Å²) in [7, 11) is -3.06. The van der Waals surface area contributed by atoms with Crippen LogP contribution in [0.25, 0.3) is 0 Å². The zero-order valence-electron chi connectivity index (χ0n) is 15.4. The third-order valence-corrected chi connectivity index (χ3v) is 5.73. The molecule has 10 heteroatoms. The molecule has 0 unspecified atom stereocenters. The van der Waals surface area contributed by atoms with Crippen LogP contribution in [0.2, 0.25) is 0 Å². The zero-order valence-corrected chi connectivity index (χ0v) is 16.2. The molecule has 3 rings (SSSR count). The molecule has 0 spiro atoms. The number of nitrogens with two attached hydrogens (primary N) is 1. The van der Waals surface area contributed by atoms with Gasteiger partial charge in [-0.05, 0) is 13.8 Å². The highest BCUT2D eigenvalue weighted by Crippen LogP contribution is 2.25. The van der Waals surface area contributed by atoms with Crippen molar-refractivity contribution >= 4 is 27.1 Å². The Bertz CT molecular complexity index is 977. The topological polar surface area (TPSA) is 135 Å². The SMILES string of the molecule is CC(C)Oc1cc(C(=N)c2cc(N3CC(S(C)(=O)=O)C3)ncn2)c(N)cn1.[HH]. The molecule has 27 heavy (non-hydrogen) atoms. The molecule has 146 valence electrons. The Balaban J connectivity index is 0.00000280. The van der Waals surface area contributed by atoms with E-state index in [0.717, 1.165) is 0 Å². The molecule has 1 aliphatic rings. The number of nitrogens with one attached hydrogen (secondary N) is 1. The number of hydrogen-bond acceptors (Lipinski definition) is 9. The summed E-state index contributed by atoms with van der Waals surface area (Å²) >= 11 is 0. The van der Waals surface area contributed by atoms with Crippen LogP contribution in [0.3, 0.4) is 0 Å². The number of pyridine rings is 1. The lowest BCUT2D eigenvalue weighted by atomic mass is 10.1. The first-order chi connectivity index (χ1) is 12.6. The molecule has 2 aromatic heterocycles. The van der Waals surface area contributed by atoms with Crippen molar-refractivity contribution in [1.82, 2.24) is 15.0 Å². The average Bonchev–Trinajstić information content (AvgIpc) is 2.53. The fourth-order valence-corrected chi connectivity index (χ4v) is 3.56. The second kappa shape index (κ2) is 7.10. The van der Waals surface area contributed by atoms with Crippen LogP contribution in [0.15, 0.2) is 24.7 Å². The van der Waals surface area contributed by atoms with Crippen molar-refractivity contribution < 1.29 is 14.6 Å². The molecular formula is C17H24N6O3S. The van der Waals surface area contributed by atoms with Gasteiger partial charge in [0.1, 0.15) is 12.1 Å². The Morgan fingerprint density at radius 1 is 1.33 bits per heavy atom. The third kappa shape index (κ3) is 4.16. The van der Waals surface area contributed by atoms with E-state index < -0.39 is 9.84 Å². The van der Waals surface area contributed by atoms with Gasteiger partial charge >= 0.3 is 0 Å². The smallest absolute Gasteiger partial charge is 0.214 e. The highest BCUT2D eigenvalue weighted by molar-refractivity contribution is 7.91. The van der Waals surface area contributed by atoms with Crippen LogP contribution in [0, 0.1) is 5.41 Å². The summed E-state index contributed by atoms with van der Waals surface area (Å²) in [6.07, 6.45) is 3.99. The largest absolute Gasteiger partial charge is 0.475 e. The summed E-state index contributed by atoms with van der Waals surface area (Å²) in [5, 5.41) is 8.09. The Morgan fingerprint density at radius 3 is 2.67 bits per heavy atom. The van der Waals surface area contributed by atoms with Crippen molar-refractivity contribution in [2.75, 3.05) is 30.0 Å². The summed E-state index contributed by atoms with van der Waals surface area (Å²) in [5.41, 5.74) is 7.29. The van der Waals surface area contributed by atoms with E-state index in [1.54, 1.807) is 12.1 Å². The normalized spacial score (nSPS) is 14.9. The highest BCUT2D eigenvalue weighted by atomic mass is 32.2. The number of ether oxygens (including phenoxy) is 1. The number of hydrogen-bond donors (Lipinski definition) is 2. The van der Waals surface area contributed by atoms with Crippen LogP contribution in [0.1, 0.15) is 26.5 Å². The predicted octanol–water partition coefficient (Wildman–Crippen LogP) is 1.14. The standard InChI is InChI=1S/C17H22N6O3S.H2/c1-10(2)26-16-4-12(13(18)6-20-16)17(19)14-5-15(22-9-21-14)23-7-11(8-23)27(3,24)25;/h4-6,9-11,19H,7-8,18H2,1-3H3;1H. The van der Waals surface area contributed by atoms with Crippen molar-refractivity contribution in [3.8, 4) is 5.88 Å². The fraction of sp³-hybridized carbons (Fsp3) is 0.412. The minimum absolute atomic E-state index is 0. The molecule has 0 aromatic carbocycles. The molecule has 0 atom stereocenters. The van der Waals surface area contributed by atoms with Crippen molar-refractivity contribution in [3.05, 3.63) is 35.9 Å². The maximum atomic E-state index is 11.6. The average molecular weight is 392 g/mol. The number of nitrogen functional groups attached to an aromatic ring is 1. The van der Waals surface area contributed by atoms with E-state index in [2.05, 4.69) is 15.0 Å². The Kier molecular flexibility index (Phi) is 5.01. The number of rotatable bonds is 6. The molecule has 0 bridgehead atoms. The maximum Gasteiger partial charge on any atom is 0.214 e. The predicted molar refractivity (Wildman–Crippen MR) is 105 cm³/mol. The van der Waals surface area contributed by atoms with E-state index in [1.807, 2.05) is 18.7 Å². The van der Waals surface area contributed by atoms with Gasteiger partial charge in [0.2, 0.25) is 5.88 Å². The van der Waals surface area contributed by atoms with Crippen molar-refractivity contribution in [3.63, 3.8) is 0 Å². The minimum atomic E-state index is -3.06. The molecule has 1 fully saturated rings. The van der Waals surface area contributed by atoms with E-state index in [0.29, 0.717) is 41.7 Å². The van der Waals surface area contributed by atoms with Gasteiger partial charge in [0.05, 0.1) is 34.6 Å². The summed E-state index contributed by atoms with van der Waals surface area (Å²) in [6.45, 7) is 4.53. The lowest BCUT2D eigenvalue weighted by molar-refractivity contribution is 0.232. The van der Waals surface area contributed by atoms with Gasteiger partial charge in [-0.3, -0.25) is 5.41 Å². The van der Waals surface area contributed by atoms with Gasteiger partial charge < -0.3 is 15.4 Å². The van der Waals surface area contributed by atoms with Crippen LogP contribution in [-0.4, -0.2) is 59.8 Å². The maximum absolute atomic E-state index is 11.6. The Morgan fingerprint density at radius 2 is 2.04 bits per heavy atom. The highest BCUT2D eigenvalue weighted by Gasteiger charge is 2.35. The summed E-state index contributed by atoms with van der Waals surface area (Å²) in [4.78, 5) is 14.3. The van der Waals surface area contributed by atoms with Crippen LogP contribution in [0.4, 0.5) is 11.5 Å². The first-order valence-electron chi connectivity index (χ1n) is 8.42. The zero-order chi connectivity index (χ0) is 19.8. The second-order valence-corrected chi connectivity index (χ2v) is 9.10.